The van der Waals surface area contributed by atoms with Crippen LogP contribution in [0, 0.1) is 0 Å². The molecule has 18 heavy (non-hydrogen) atoms. The van der Waals surface area contributed by atoms with Gasteiger partial charge in [0.1, 0.15) is 6.04 Å². The van der Waals surface area contributed by atoms with Gasteiger partial charge in [0.2, 0.25) is 5.75 Å². The molecule has 1 aromatic carbocycles. The average molecular weight is 255 g/mol. The lowest BCUT2D eigenvalue weighted by Gasteiger charge is -2.17. The normalized spacial score (nSPS) is 11.8. The van der Waals surface area contributed by atoms with Gasteiger partial charge < -0.3 is 29.8 Å². The number of carbonyl (C=O) groups excluding carboxylic acids is 1. The number of rotatable bonds is 6. The van der Waals surface area contributed by atoms with Crippen LogP contribution in [0.5, 0.6) is 17.2 Å². The molecule has 0 heterocycles. The smallest absolute Gasteiger partial charge is 0.203 e. The number of carboxylic acids is 1. The molecule has 0 bridgehead atoms. The summed E-state index contributed by atoms with van der Waals surface area (Å²) in [6, 6.07) is 2.57. The maximum atomic E-state index is 10.7. The Morgan fingerprint density at radius 3 is 2.28 bits per heavy atom. The van der Waals surface area contributed by atoms with Crippen LogP contribution in [0.25, 0.3) is 0 Å². The van der Waals surface area contributed by atoms with Gasteiger partial charge in [-0.1, -0.05) is 6.07 Å². The van der Waals surface area contributed by atoms with E-state index in [4.69, 9.17) is 14.2 Å². The van der Waals surface area contributed by atoms with Crippen LogP contribution >= 0.6 is 0 Å². The summed E-state index contributed by atoms with van der Waals surface area (Å²) < 4.78 is 15.6. The number of ether oxygens (including phenoxy) is 3. The van der Waals surface area contributed by atoms with Gasteiger partial charge in [0.15, 0.2) is 11.5 Å². The van der Waals surface area contributed by atoms with Crippen molar-refractivity contribution in [2.75, 3.05) is 21.3 Å². The Morgan fingerprint density at radius 2 is 1.83 bits per heavy atom. The van der Waals surface area contributed by atoms with Gasteiger partial charge in [-0.2, -0.15) is 0 Å². The van der Waals surface area contributed by atoms with Crippen LogP contribution in [0.15, 0.2) is 12.1 Å². The van der Waals surface area contributed by atoms with Crippen LogP contribution < -0.4 is 25.1 Å². The molecule has 1 atom stereocenters. The molecule has 100 valence electrons. The molecule has 0 radical (unpaired) electrons. The summed E-state index contributed by atoms with van der Waals surface area (Å²) in [7, 11) is 4.49. The fraction of sp³-hybridized carbons (Fsp3) is 0.417. The van der Waals surface area contributed by atoms with E-state index in [1.165, 1.54) is 21.3 Å². The van der Waals surface area contributed by atoms with Gasteiger partial charge in [-0.15, -0.1) is 0 Å². The molecule has 0 saturated carbocycles. The Kier molecular flexibility index (Phi) is 4.79. The maximum absolute atomic E-state index is 10.7. The molecule has 0 aliphatic rings. The molecular formula is C12H17NO5. The van der Waals surface area contributed by atoms with Gasteiger partial charge in [-0.3, -0.25) is 0 Å². The lowest BCUT2D eigenvalue weighted by atomic mass is 10.0. The molecule has 0 aliphatic heterocycles. The molecule has 0 aliphatic carbocycles. The highest BCUT2D eigenvalue weighted by atomic mass is 16.5. The Labute approximate surface area is 105 Å². The second-order valence-electron chi connectivity index (χ2n) is 3.71. The van der Waals surface area contributed by atoms with E-state index in [1.54, 1.807) is 12.1 Å². The fourth-order valence-electron chi connectivity index (χ4n) is 1.67. The number of benzene rings is 1. The maximum Gasteiger partial charge on any atom is 0.203 e. The molecule has 1 aromatic rings. The summed E-state index contributed by atoms with van der Waals surface area (Å²) in [6.07, 6.45) is 0.200. The van der Waals surface area contributed by atoms with Gasteiger partial charge >= 0.3 is 0 Å². The quantitative estimate of drug-likeness (QED) is 0.675. The van der Waals surface area contributed by atoms with Crippen LogP contribution in [-0.4, -0.2) is 33.3 Å². The average Bonchev–Trinajstić information content (AvgIpc) is 2.37. The predicted molar refractivity (Wildman–Crippen MR) is 61.5 cm³/mol. The summed E-state index contributed by atoms with van der Waals surface area (Å²) in [6.45, 7) is 0. The molecule has 6 heteroatoms. The molecule has 0 fully saturated rings. The second kappa shape index (κ2) is 6.11. The molecule has 0 saturated heterocycles. The van der Waals surface area contributed by atoms with Crippen molar-refractivity contribution in [2.24, 2.45) is 0 Å². The van der Waals surface area contributed by atoms with E-state index in [2.05, 4.69) is 5.73 Å². The summed E-state index contributed by atoms with van der Waals surface area (Å²) in [4.78, 5) is 10.7. The van der Waals surface area contributed by atoms with E-state index < -0.39 is 12.0 Å². The first-order valence-corrected chi connectivity index (χ1v) is 5.36. The monoisotopic (exact) mass is 255 g/mol. The summed E-state index contributed by atoms with van der Waals surface area (Å²) in [5.41, 5.74) is 4.20. The molecule has 6 nitrogen and oxygen atoms in total. The lowest BCUT2D eigenvalue weighted by Crippen LogP contribution is -2.69. The van der Waals surface area contributed by atoms with Crippen LogP contribution in [-0.2, 0) is 11.2 Å². The van der Waals surface area contributed by atoms with Crippen molar-refractivity contribution in [3.63, 3.8) is 0 Å². The molecular weight excluding hydrogens is 238 g/mol. The van der Waals surface area contributed by atoms with Crippen molar-refractivity contribution >= 4 is 5.97 Å². The van der Waals surface area contributed by atoms with Crippen molar-refractivity contribution in [3.05, 3.63) is 17.7 Å². The number of methoxy groups -OCH3 is 3. The Morgan fingerprint density at radius 1 is 1.22 bits per heavy atom. The predicted octanol–water partition coefficient (Wildman–Crippen LogP) is -1.38. The first kappa shape index (κ1) is 14.1. The Hall–Kier alpha value is -1.95. The highest BCUT2D eigenvalue weighted by Crippen LogP contribution is 2.39. The Balaban J connectivity index is 3.16. The van der Waals surface area contributed by atoms with Gasteiger partial charge in [0.25, 0.3) is 0 Å². The first-order valence-electron chi connectivity index (χ1n) is 5.36. The highest BCUT2D eigenvalue weighted by Gasteiger charge is 2.19. The van der Waals surface area contributed by atoms with Crippen molar-refractivity contribution in [3.8, 4) is 17.2 Å². The molecule has 0 unspecified atom stereocenters. The minimum absolute atomic E-state index is 0.200. The highest BCUT2D eigenvalue weighted by molar-refractivity contribution is 5.70. The van der Waals surface area contributed by atoms with Crippen LogP contribution in [0.2, 0.25) is 0 Å². The van der Waals surface area contributed by atoms with E-state index in [-0.39, 0.29) is 6.42 Å². The number of carboxylic acid groups (broad SMARTS) is 1. The van der Waals surface area contributed by atoms with Crippen molar-refractivity contribution < 1.29 is 29.8 Å². The van der Waals surface area contributed by atoms with Crippen LogP contribution in [0.1, 0.15) is 5.56 Å². The molecule has 0 aromatic heterocycles. The van der Waals surface area contributed by atoms with Crippen molar-refractivity contribution in [1.29, 1.82) is 0 Å². The third kappa shape index (κ3) is 2.84. The van der Waals surface area contributed by atoms with Gasteiger partial charge in [-0.05, 0) is 6.07 Å². The minimum Gasteiger partial charge on any atom is -0.544 e. The number of carbonyl (C=O) groups is 1. The zero-order valence-corrected chi connectivity index (χ0v) is 10.7. The van der Waals surface area contributed by atoms with E-state index in [1.807, 2.05) is 0 Å². The van der Waals surface area contributed by atoms with Crippen LogP contribution in [0.4, 0.5) is 0 Å². The summed E-state index contributed by atoms with van der Waals surface area (Å²) in [5, 5.41) is 10.7. The van der Waals surface area contributed by atoms with E-state index in [9.17, 15) is 9.90 Å². The number of quaternary nitrogens is 1. The minimum atomic E-state index is -1.20. The summed E-state index contributed by atoms with van der Waals surface area (Å²) in [5.74, 6) is 0.203. The van der Waals surface area contributed by atoms with Gasteiger partial charge in [0.05, 0.1) is 27.3 Å². The third-order valence-corrected chi connectivity index (χ3v) is 2.59. The SMILES string of the molecule is COc1ccc(C[C@H]([NH3+])C(=O)[O-])c(OC)c1OC. The standard InChI is InChI=1S/C12H17NO5/c1-16-9-5-4-7(6-8(13)12(14)15)10(17-2)11(9)18-3/h4-5,8H,6,13H2,1-3H3,(H,14,15)/t8-/m0/s1. The summed E-state index contributed by atoms with van der Waals surface area (Å²) >= 11 is 0. The van der Waals surface area contributed by atoms with E-state index in [0.29, 0.717) is 22.8 Å². The topological polar surface area (TPSA) is 95.5 Å². The zero-order chi connectivity index (χ0) is 13.7. The number of hydrogen-bond donors (Lipinski definition) is 1. The molecule has 0 amide bonds. The van der Waals surface area contributed by atoms with E-state index >= 15 is 0 Å². The third-order valence-electron chi connectivity index (χ3n) is 2.59. The molecule has 0 spiro atoms. The van der Waals surface area contributed by atoms with Crippen molar-refractivity contribution in [1.82, 2.24) is 0 Å². The fourth-order valence-corrected chi connectivity index (χ4v) is 1.67. The zero-order valence-electron chi connectivity index (χ0n) is 10.7. The second-order valence-corrected chi connectivity index (χ2v) is 3.71. The van der Waals surface area contributed by atoms with Gasteiger partial charge in [0, 0.05) is 12.0 Å². The van der Waals surface area contributed by atoms with Gasteiger partial charge in [-0.25, -0.2) is 0 Å². The van der Waals surface area contributed by atoms with Crippen LogP contribution in [0.3, 0.4) is 0 Å². The lowest BCUT2D eigenvalue weighted by molar-refractivity contribution is -0.437. The van der Waals surface area contributed by atoms with E-state index in [0.717, 1.165) is 0 Å². The Bertz CT molecular complexity index is 433. The number of aliphatic carboxylic acids is 1. The first-order chi connectivity index (χ1) is 8.54. The molecule has 3 N–H and O–H groups in total. The molecule has 1 rings (SSSR count). The number of hydrogen-bond acceptors (Lipinski definition) is 5. The largest absolute Gasteiger partial charge is 0.544 e. The van der Waals surface area contributed by atoms with Crippen molar-refractivity contribution in [2.45, 2.75) is 12.5 Å².